The maximum Gasteiger partial charge on any atom is 0.329 e. The Hall–Kier alpha value is -4.18. The Kier molecular flexibility index (Phi) is 7.07. The third-order valence-corrected chi connectivity index (χ3v) is 6.61. The van der Waals surface area contributed by atoms with E-state index < -0.39 is 16.1 Å². The second-order valence-corrected chi connectivity index (χ2v) is 10.1. The van der Waals surface area contributed by atoms with Crippen LogP contribution in [0.4, 0.5) is 4.79 Å². The average Bonchev–Trinajstić information content (AvgIpc) is 2.82. The van der Waals surface area contributed by atoms with E-state index in [2.05, 4.69) is 10.3 Å². The number of rotatable bonds is 7. The summed E-state index contributed by atoms with van der Waals surface area (Å²) in [7, 11) is -4.07. The number of aromatic nitrogens is 2. The number of carbonyl (C=O) groups excluding carboxylic acids is 1. The molecule has 0 aliphatic heterocycles. The number of nitrogens with one attached hydrogen (secondary N) is 2. The Morgan fingerprint density at radius 3 is 2.47 bits per heavy atom. The Balaban J connectivity index is 1.65. The summed E-state index contributed by atoms with van der Waals surface area (Å²) in [5.74, 6) is 0.798. The van der Waals surface area contributed by atoms with Gasteiger partial charge >= 0.3 is 6.03 Å². The zero-order valence-electron chi connectivity index (χ0n) is 20.1. The molecular weight excluding hydrogens is 480 g/mol. The van der Waals surface area contributed by atoms with Gasteiger partial charge in [-0.15, -0.1) is 0 Å². The molecule has 4 aromatic rings. The van der Waals surface area contributed by atoms with Crippen molar-refractivity contribution in [3.63, 3.8) is 0 Å². The van der Waals surface area contributed by atoms with Crippen molar-refractivity contribution in [2.45, 2.75) is 38.3 Å². The zero-order chi connectivity index (χ0) is 25.9. The van der Waals surface area contributed by atoms with Crippen molar-refractivity contribution in [3.05, 3.63) is 94.5 Å². The molecule has 10 heteroatoms. The molecule has 0 saturated carbocycles. The first-order chi connectivity index (χ1) is 17.1. The van der Waals surface area contributed by atoms with Gasteiger partial charge in [-0.3, -0.25) is 9.36 Å². The summed E-state index contributed by atoms with van der Waals surface area (Å²) in [6.45, 7) is 5.42. The van der Waals surface area contributed by atoms with Crippen molar-refractivity contribution < 1.29 is 17.9 Å². The molecule has 1 heterocycles. The second-order valence-electron chi connectivity index (χ2n) is 8.45. The number of fused-ring (bicyclic) bond motifs is 1. The molecule has 186 valence electrons. The maximum atomic E-state index is 13.4. The molecule has 2 N–H and O–H groups in total. The van der Waals surface area contributed by atoms with E-state index in [1.165, 1.54) is 16.7 Å². The van der Waals surface area contributed by atoms with Crippen LogP contribution in [0.5, 0.6) is 5.75 Å². The van der Waals surface area contributed by atoms with Gasteiger partial charge in [0.2, 0.25) is 0 Å². The van der Waals surface area contributed by atoms with E-state index in [0.717, 1.165) is 5.56 Å². The lowest BCUT2D eigenvalue weighted by atomic mass is 10.2. The van der Waals surface area contributed by atoms with Gasteiger partial charge in [0.05, 0.1) is 34.1 Å². The predicted molar refractivity (Wildman–Crippen MR) is 137 cm³/mol. The van der Waals surface area contributed by atoms with Gasteiger partial charge < -0.3 is 10.1 Å². The van der Waals surface area contributed by atoms with E-state index in [0.29, 0.717) is 22.3 Å². The van der Waals surface area contributed by atoms with Crippen LogP contribution < -0.4 is 20.3 Å². The number of ether oxygens (including phenoxy) is 1. The number of urea groups is 1. The first-order valence-corrected chi connectivity index (χ1v) is 12.8. The van der Waals surface area contributed by atoms with Crippen LogP contribution in [0, 0.1) is 6.92 Å². The smallest absolute Gasteiger partial charge is 0.329 e. The summed E-state index contributed by atoms with van der Waals surface area (Å²) in [5, 5.41) is 2.91. The molecule has 36 heavy (non-hydrogen) atoms. The SMILES string of the molecule is Cc1ccc(S(=O)(=O)NC(=O)NCc2nc3ccccc3c(=O)n2-c2cccc(OC(C)C)c2)cc1. The van der Waals surface area contributed by atoms with E-state index in [-0.39, 0.29) is 28.9 Å². The molecule has 0 spiro atoms. The van der Waals surface area contributed by atoms with Crippen LogP contribution in [0.25, 0.3) is 16.6 Å². The summed E-state index contributed by atoms with van der Waals surface area (Å²) in [6.07, 6.45) is -0.0630. The van der Waals surface area contributed by atoms with E-state index >= 15 is 0 Å². The number of para-hydroxylation sites is 1. The minimum atomic E-state index is -4.07. The Bertz CT molecular complexity index is 1580. The van der Waals surface area contributed by atoms with Gasteiger partial charge in [-0.05, 0) is 57.2 Å². The highest BCUT2D eigenvalue weighted by molar-refractivity contribution is 7.90. The van der Waals surface area contributed by atoms with Crippen LogP contribution in [0.2, 0.25) is 0 Å². The molecule has 0 fully saturated rings. The van der Waals surface area contributed by atoms with Gasteiger partial charge in [0, 0.05) is 6.07 Å². The van der Waals surface area contributed by atoms with E-state index in [1.807, 2.05) is 25.5 Å². The number of hydrogen-bond acceptors (Lipinski definition) is 6. The Morgan fingerprint density at radius 1 is 1.03 bits per heavy atom. The molecule has 9 nitrogen and oxygen atoms in total. The van der Waals surface area contributed by atoms with Crippen molar-refractivity contribution in [1.29, 1.82) is 0 Å². The fraction of sp³-hybridized carbons (Fsp3) is 0.192. The molecule has 0 bridgehead atoms. The fourth-order valence-corrected chi connectivity index (χ4v) is 4.55. The van der Waals surface area contributed by atoms with Gasteiger partial charge in [-0.2, -0.15) is 0 Å². The highest BCUT2D eigenvalue weighted by Crippen LogP contribution is 2.19. The number of benzene rings is 3. The first kappa shape index (κ1) is 24.9. The molecule has 0 atom stereocenters. The third kappa shape index (κ3) is 5.55. The summed E-state index contributed by atoms with van der Waals surface area (Å²) in [6, 6.07) is 19.0. The maximum absolute atomic E-state index is 13.4. The van der Waals surface area contributed by atoms with Crippen LogP contribution in [0.1, 0.15) is 25.2 Å². The lowest BCUT2D eigenvalue weighted by molar-refractivity contribution is 0.242. The molecule has 0 radical (unpaired) electrons. The zero-order valence-corrected chi connectivity index (χ0v) is 20.9. The molecule has 2 amide bonds. The fourth-order valence-electron chi connectivity index (χ4n) is 3.63. The van der Waals surface area contributed by atoms with Gasteiger partial charge in [-0.25, -0.2) is 22.9 Å². The van der Waals surface area contributed by atoms with Crippen LogP contribution in [0.15, 0.2) is 82.5 Å². The highest BCUT2D eigenvalue weighted by Gasteiger charge is 2.19. The third-order valence-electron chi connectivity index (χ3n) is 5.26. The Morgan fingerprint density at radius 2 is 1.75 bits per heavy atom. The molecule has 0 unspecified atom stereocenters. The van der Waals surface area contributed by atoms with Crippen LogP contribution in [0.3, 0.4) is 0 Å². The summed E-state index contributed by atoms with van der Waals surface area (Å²) < 4.78 is 34.2. The predicted octanol–water partition coefficient (Wildman–Crippen LogP) is 3.67. The van der Waals surface area contributed by atoms with Crippen molar-refractivity contribution in [3.8, 4) is 11.4 Å². The van der Waals surface area contributed by atoms with Gasteiger partial charge in [0.1, 0.15) is 11.6 Å². The number of nitrogens with zero attached hydrogens (tertiary/aromatic N) is 2. The highest BCUT2D eigenvalue weighted by atomic mass is 32.2. The standard InChI is InChI=1S/C26H26N4O5S/c1-17(2)35-20-8-6-7-19(15-20)30-24(28-23-10-5-4-9-22(23)25(30)31)16-27-26(32)29-36(33,34)21-13-11-18(3)12-14-21/h4-15,17H,16H2,1-3H3,(H2,27,29,32). The van der Waals surface area contributed by atoms with Gasteiger partial charge in [0.25, 0.3) is 15.6 Å². The molecule has 0 aliphatic carbocycles. The van der Waals surface area contributed by atoms with E-state index in [1.54, 1.807) is 60.7 Å². The number of carbonyl (C=O) groups is 1. The van der Waals surface area contributed by atoms with Gasteiger partial charge in [-0.1, -0.05) is 35.9 Å². The van der Waals surface area contributed by atoms with E-state index in [9.17, 15) is 18.0 Å². The number of amides is 2. The van der Waals surface area contributed by atoms with Crippen LogP contribution >= 0.6 is 0 Å². The molecule has 3 aromatic carbocycles. The molecule has 1 aromatic heterocycles. The molecular formula is C26H26N4O5S. The number of hydrogen-bond donors (Lipinski definition) is 2. The second kappa shape index (κ2) is 10.2. The van der Waals surface area contributed by atoms with Crippen molar-refractivity contribution in [2.75, 3.05) is 0 Å². The normalized spacial score (nSPS) is 11.4. The van der Waals surface area contributed by atoms with Gasteiger partial charge in [0.15, 0.2) is 0 Å². The molecule has 0 aliphatic rings. The number of aryl methyl sites for hydroxylation is 1. The minimum Gasteiger partial charge on any atom is -0.491 e. The first-order valence-electron chi connectivity index (χ1n) is 11.3. The summed E-state index contributed by atoms with van der Waals surface area (Å²) in [4.78, 5) is 30.5. The lowest BCUT2D eigenvalue weighted by Crippen LogP contribution is -2.40. The van der Waals surface area contributed by atoms with Crippen molar-refractivity contribution in [2.24, 2.45) is 0 Å². The summed E-state index contributed by atoms with van der Waals surface area (Å²) >= 11 is 0. The van der Waals surface area contributed by atoms with Crippen LogP contribution in [-0.2, 0) is 16.6 Å². The monoisotopic (exact) mass is 506 g/mol. The van der Waals surface area contributed by atoms with E-state index in [4.69, 9.17) is 4.74 Å². The van der Waals surface area contributed by atoms with Crippen molar-refractivity contribution >= 4 is 27.0 Å². The quantitative estimate of drug-likeness (QED) is 0.395. The molecule has 4 rings (SSSR count). The molecule has 0 saturated heterocycles. The Labute approximate surface area is 208 Å². The summed E-state index contributed by atoms with van der Waals surface area (Å²) in [5.41, 5.74) is 1.52. The number of sulfonamides is 1. The largest absolute Gasteiger partial charge is 0.491 e. The van der Waals surface area contributed by atoms with Crippen LogP contribution in [-0.4, -0.2) is 30.1 Å². The lowest BCUT2D eigenvalue weighted by Gasteiger charge is -2.16. The topological polar surface area (TPSA) is 119 Å². The minimum absolute atomic E-state index is 0.0362. The van der Waals surface area contributed by atoms with Crippen molar-refractivity contribution in [1.82, 2.24) is 19.6 Å². The average molecular weight is 507 g/mol.